The van der Waals surface area contributed by atoms with Crippen LogP contribution in [0.15, 0.2) is 47.4 Å². The fourth-order valence-electron chi connectivity index (χ4n) is 2.06. The first-order chi connectivity index (χ1) is 12.8. The quantitative estimate of drug-likeness (QED) is 0.748. The number of amides is 2. The van der Waals surface area contributed by atoms with Crippen LogP contribution < -0.4 is 14.8 Å². The van der Waals surface area contributed by atoms with E-state index in [9.17, 15) is 18.0 Å². The molecule has 2 amide bonds. The molecule has 0 unspecified atom stereocenters. The number of rotatable bonds is 5. The second-order valence-electron chi connectivity index (χ2n) is 5.23. The topological polar surface area (TPSA) is 120 Å². The van der Waals surface area contributed by atoms with Gasteiger partial charge < -0.3 is 13.7 Å². The molecule has 0 aliphatic carbocycles. The van der Waals surface area contributed by atoms with Crippen molar-refractivity contribution in [2.45, 2.75) is 11.8 Å². The van der Waals surface area contributed by atoms with Crippen molar-refractivity contribution in [2.75, 3.05) is 24.9 Å². The van der Waals surface area contributed by atoms with Gasteiger partial charge in [0.25, 0.3) is 0 Å². The third-order valence-electron chi connectivity index (χ3n) is 3.46. The van der Waals surface area contributed by atoms with E-state index in [4.69, 9.17) is 4.18 Å². The van der Waals surface area contributed by atoms with E-state index in [1.54, 1.807) is 25.1 Å². The standard InChI is InChI=1S/C17H18N2O7S/c1-11-14(18-16(20)24-2)9-13(10-15(11)19-17(21)25-3)27(22,23)26-12-7-5-4-6-8-12/h4-10H,1-3H3,(H,18,20)(H,19,21). The van der Waals surface area contributed by atoms with Crippen molar-refractivity contribution in [3.05, 3.63) is 48.0 Å². The summed E-state index contributed by atoms with van der Waals surface area (Å²) < 4.78 is 39.4. The van der Waals surface area contributed by atoms with Gasteiger partial charge in [-0.05, 0) is 36.8 Å². The number of anilines is 2. The van der Waals surface area contributed by atoms with Gasteiger partial charge in [0.2, 0.25) is 0 Å². The van der Waals surface area contributed by atoms with Crippen molar-refractivity contribution in [3.63, 3.8) is 0 Å². The van der Waals surface area contributed by atoms with E-state index in [0.717, 1.165) is 14.2 Å². The maximum Gasteiger partial charge on any atom is 0.411 e. The Balaban J connectivity index is 2.50. The molecule has 10 heteroatoms. The predicted molar refractivity (Wildman–Crippen MR) is 97.5 cm³/mol. The molecule has 2 aromatic carbocycles. The largest absolute Gasteiger partial charge is 0.453 e. The van der Waals surface area contributed by atoms with E-state index >= 15 is 0 Å². The van der Waals surface area contributed by atoms with Crippen molar-refractivity contribution in [2.24, 2.45) is 0 Å². The lowest BCUT2D eigenvalue weighted by Gasteiger charge is -2.15. The maximum atomic E-state index is 12.6. The van der Waals surface area contributed by atoms with Gasteiger partial charge in [0.1, 0.15) is 10.6 Å². The van der Waals surface area contributed by atoms with Gasteiger partial charge in [0.05, 0.1) is 25.6 Å². The zero-order valence-corrected chi connectivity index (χ0v) is 15.6. The van der Waals surface area contributed by atoms with E-state index in [1.165, 1.54) is 24.3 Å². The van der Waals surface area contributed by atoms with Crippen molar-refractivity contribution in [1.29, 1.82) is 0 Å². The van der Waals surface area contributed by atoms with Crippen LogP contribution in [0.25, 0.3) is 0 Å². The molecule has 0 aliphatic heterocycles. The summed E-state index contributed by atoms with van der Waals surface area (Å²) in [6.07, 6.45) is -1.61. The predicted octanol–water partition coefficient (Wildman–Crippen LogP) is 3.12. The Hall–Kier alpha value is -3.27. The minimum Gasteiger partial charge on any atom is -0.453 e. The van der Waals surface area contributed by atoms with Gasteiger partial charge in [-0.3, -0.25) is 10.6 Å². The summed E-state index contributed by atoms with van der Waals surface area (Å²) in [5.74, 6) is 0.114. The number of carbonyl (C=O) groups excluding carboxylic acids is 2. The van der Waals surface area contributed by atoms with Crippen LogP contribution in [0.2, 0.25) is 0 Å². The minimum absolute atomic E-state index is 0.114. The Labute approximate surface area is 156 Å². The molecule has 0 saturated carbocycles. The van der Waals surface area contributed by atoms with Gasteiger partial charge in [-0.1, -0.05) is 18.2 Å². The van der Waals surface area contributed by atoms with Gasteiger partial charge in [0, 0.05) is 0 Å². The Morgan fingerprint density at radius 1 is 0.889 bits per heavy atom. The average molecular weight is 394 g/mol. The Morgan fingerprint density at radius 2 is 1.37 bits per heavy atom. The number of ether oxygens (including phenoxy) is 2. The first-order valence-corrected chi connectivity index (χ1v) is 9.01. The minimum atomic E-state index is -4.24. The number of benzene rings is 2. The van der Waals surface area contributed by atoms with Gasteiger partial charge in [-0.25, -0.2) is 9.59 Å². The summed E-state index contributed by atoms with van der Waals surface area (Å²) in [6.45, 7) is 1.57. The maximum absolute atomic E-state index is 12.6. The smallest absolute Gasteiger partial charge is 0.411 e. The number of methoxy groups -OCH3 is 2. The van der Waals surface area contributed by atoms with Crippen molar-refractivity contribution < 1.29 is 31.7 Å². The van der Waals surface area contributed by atoms with Crippen LogP contribution in [0.4, 0.5) is 21.0 Å². The molecule has 0 fully saturated rings. The summed E-state index contributed by atoms with van der Waals surface area (Å²) in [6, 6.07) is 10.3. The summed E-state index contributed by atoms with van der Waals surface area (Å²) >= 11 is 0. The summed E-state index contributed by atoms with van der Waals surface area (Å²) in [4.78, 5) is 22.8. The van der Waals surface area contributed by atoms with E-state index in [-0.39, 0.29) is 22.0 Å². The highest BCUT2D eigenvalue weighted by atomic mass is 32.2. The van der Waals surface area contributed by atoms with Crippen LogP contribution >= 0.6 is 0 Å². The first-order valence-electron chi connectivity index (χ1n) is 7.61. The van der Waals surface area contributed by atoms with Crippen LogP contribution in [0.1, 0.15) is 5.56 Å². The highest BCUT2D eigenvalue weighted by Crippen LogP contribution is 2.30. The Bertz CT molecular complexity index is 904. The van der Waals surface area contributed by atoms with Crippen molar-refractivity contribution >= 4 is 33.7 Å². The molecule has 144 valence electrons. The third kappa shape index (κ3) is 5.11. The normalized spacial score (nSPS) is 10.6. The fraction of sp³-hybridized carbons (Fsp3) is 0.176. The molecule has 0 radical (unpaired) electrons. The van der Waals surface area contributed by atoms with Gasteiger partial charge in [-0.15, -0.1) is 0 Å². The van der Waals surface area contributed by atoms with Gasteiger partial charge in [-0.2, -0.15) is 8.42 Å². The SMILES string of the molecule is COC(=O)Nc1cc(S(=O)(=O)Oc2ccccc2)cc(NC(=O)OC)c1C. The van der Waals surface area contributed by atoms with E-state index in [1.807, 2.05) is 0 Å². The molecule has 0 spiro atoms. The second-order valence-corrected chi connectivity index (χ2v) is 6.77. The van der Waals surface area contributed by atoms with E-state index in [0.29, 0.717) is 5.56 Å². The number of carbonyl (C=O) groups is 2. The van der Waals surface area contributed by atoms with Crippen molar-refractivity contribution in [1.82, 2.24) is 0 Å². The zero-order chi connectivity index (χ0) is 20.0. The molecule has 0 saturated heterocycles. The number of nitrogens with one attached hydrogen (secondary N) is 2. The van der Waals surface area contributed by atoms with Crippen LogP contribution in [-0.4, -0.2) is 34.8 Å². The lowest BCUT2D eigenvalue weighted by molar-refractivity contribution is 0.186. The van der Waals surface area contributed by atoms with Crippen LogP contribution in [0.5, 0.6) is 5.75 Å². The Kier molecular flexibility index (Phi) is 6.24. The van der Waals surface area contributed by atoms with Crippen LogP contribution in [-0.2, 0) is 19.6 Å². The number of hydrogen-bond acceptors (Lipinski definition) is 7. The monoisotopic (exact) mass is 394 g/mol. The molecule has 2 aromatic rings. The summed E-state index contributed by atoms with van der Waals surface area (Å²) in [5, 5.41) is 4.79. The second kappa shape index (κ2) is 8.41. The molecule has 27 heavy (non-hydrogen) atoms. The van der Waals surface area contributed by atoms with E-state index < -0.39 is 22.3 Å². The van der Waals surface area contributed by atoms with Crippen LogP contribution in [0, 0.1) is 6.92 Å². The lowest BCUT2D eigenvalue weighted by Crippen LogP contribution is -2.17. The Morgan fingerprint density at radius 3 is 1.81 bits per heavy atom. The molecule has 0 bridgehead atoms. The first kappa shape index (κ1) is 20.0. The molecular formula is C17H18N2O7S. The van der Waals surface area contributed by atoms with Crippen molar-refractivity contribution in [3.8, 4) is 5.75 Å². The average Bonchev–Trinajstić information content (AvgIpc) is 2.64. The fourth-order valence-corrected chi connectivity index (χ4v) is 3.05. The van der Waals surface area contributed by atoms with E-state index in [2.05, 4.69) is 20.1 Å². The molecular weight excluding hydrogens is 376 g/mol. The molecule has 0 aromatic heterocycles. The lowest BCUT2D eigenvalue weighted by atomic mass is 10.1. The highest BCUT2D eigenvalue weighted by molar-refractivity contribution is 7.87. The molecule has 9 nitrogen and oxygen atoms in total. The summed E-state index contributed by atoms with van der Waals surface area (Å²) in [7, 11) is -1.92. The molecule has 0 heterocycles. The third-order valence-corrected chi connectivity index (χ3v) is 4.69. The summed E-state index contributed by atoms with van der Waals surface area (Å²) in [5.41, 5.74) is 0.626. The van der Waals surface area contributed by atoms with Gasteiger partial charge in [0.15, 0.2) is 0 Å². The van der Waals surface area contributed by atoms with Gasteiger partial charge >= 0.3 is 22.3 Å². The van der Waals surface area contributed by atoms with Crippen LogP contribution in [0.3, 0.4) is 0 Å². The molecule has 2 N–H and O–H groups in total. The number of hydrogen-bond donors (Lipinski definition) is 2. The molecule has 2 rings (SSSR count). The number of para-hydroxylation sites is 1. The molecule has 0 aliphatic rings. The zero-order valence-electron chi connectivity index (χ0n) is 14.8. The highest BCUT2D eigenvalue weighted by Gasteiger charge is 2.22. The molecule has 0 atom stereocenters.